The van der Waals surface area contributed by atoms with E-state index in [-0.39, 0.29) is 11.8 Å². The van der Waals surface area contributed by atoms with Crippen molar-refractivity contribution in [1.29, 1.82) is 0 Å². The third kappa shape index (κ3) is 6.50. The lowest BCUT2D eigenvalue weighted by molar-refractivity contribution is 0.0336. The molecule has 0 radical (unpaired) electrons. The van der Waals surface area contributed by atoms with Crippen molar-refractivity contribution < 1.29 is 19.1 Å². The summed E-state index contributed by atoms with van der Waals surface area (Å²) in [4.78, 5) is 33.5. The lowest BCUT2D eigenvalue weighted by Gasteiger charge is -2.29. The van der Waals surface area contributed by atoms with Crippen molar-refractivity contribution in [3.8, 4) is 0 Å². The number of hydrogen-bond donors (Lipinski definition) is 0. The topological polar surface area (TPSA) is 65.6 Å². The van der Waals surface area contributed by atoms with E-state index in [1.807, 2.05) is 14.1 Å². The average molecular weight is 419 g/mol. The van der Waals surface area contributed by atoms with Gasteiger partial charge < -0.3 is 19.3 Å². The number of ether oxygens (including phenoxy) is 2. The summed E-state index contributed by atoms with van der Waals surface area (Å²) < 4.78 is 10.7. The van der Waals surface area contributed by atoms with Crippen molar-refractivity contribution >= 4 is 11.8 Å². The first-order valence-corrected chi connectivity index (χ1v) is 10.8. The fourth-order valence-corrected chi connectivity index (χ4v) is 3.63. The van der Waals surface area contributed by atoms with Gasteiger partial charge in [0.25, 0.3) is 11.8 Å². The van der Waals surface area contributed by atoms with Crippen LogP contribution in [0.4, 0.5) is 0 Å². The van der Waals surface area contributed by atoms with E-state index >= 15 is 0 Å². The summed E-state index contributed by atoms with van der Waals surface area (Å²) in [5.74, 6) is -0.0501. The quantitative estimate of drug-likeness (QED) is 0.613. The maximum Gasteiger partial charge on any atom is 0.253 e. The zero-order chi connectivity index (χ0) is 21.3. The third-order valence-corrected chi connectivity index (χ3v) is 5.78. The van der Waals surface area contributed by atoms with Crippen molar-refractivity contribution in [1.82, 2.24) is 19.6 Å². The van der Waals surface area contributed by atoms with Crippen molar-refractivity contribution in [2.24, 2.45) is 0 Å². The molecule has 8 heteroatoms. The zero-order valence-corrected chi connectivity index (χ0v) is 18.2. The van der Waals surface area contributed by atoms with Crippen LogP contribution in [0.2, 0.25) is 0 Å². The molecule has 2 amide bonds. The second kappa shape index (κ2) is 11.4. The summed E-state index contributed by atoms with van der Waals surface area (Å²) in [7, 11) is 3.64. The van der Waals surface area contributed by atoms with Gasteiger partial charge in [0.15, 0.2) is 0 Å². The van der Waals surface area contributed by atoms with E-state index in [1.165, 1.54) is 0 Å². The van der Waals surface area contributed by atoms with E-state index < -0.39 is 0 Å². The van der Waals surface area contributed by atoms with Gasteiger partial charge >= 0.3 is 0 Å². The first-order valence-electron chi connectivity index (χ1n) is 10.8. The van der Waals surface area contributed by atoms with E-state index in [9.17, 15) is 9.59 Å². The third-order valence-electron chi connectivity index (χ3n) is 5.78. The van der Waals surface area contributed by atoms with Gasteiger partial charge in [-0.2, -0.15) is 0 Å². The number of rotatable bonds is 8. The minimum atomic E-state index is -0.0251. The number of benzene rings is 1. The molecular formula is C22H34N4O4. The fourth-order valence-electron chi connectivity index (χ4n) is 3.63. The van der Waals surface area contributed by atoms with E-state index in [0.717, 1.165) is 65.7 Å². The van der Waals surface area contributed by atoms with E-state index in [2.05, 4.69) is 9.80 Å². The van der Waals surface area contributed by atoms with Crippen molar-refractivity contribution in [2.45, 2.75) is 0 Å². The molecule has 2 aliphatic heterocycles. The lowest BCUT2D eigenvalue weighted by atomic mass is 10.1. The smallest absolute Gasteiger partial charge is 0.253 e. The summed E-state index contributed by atoms with van der Waals surface area (Å²) >= 11 is 0. The van der Waals surface area contributed by atoms with Crippen molar-refractivity contribution in [3.05, 3.63) is 35.4 Å². The second-order valence-electron chi connectivity index (χ2n) is 7.94. The molecule has 1 aromatic carbocycles. The van der Waals surface area contributed by atoms with Gasteiger partial charge in [-0.1, -0.05) is 0 Å². The van der Waals surface area contributed by atoms with Crippen LogP contribution >= 0.6 is 0 Å². The van der Waals surface area contributed by atoms with E-state index in [4.69, 9.17) is 9.47 Å². The minimum Gasteiger partial charge on any atom is -0.379 e. The second-order valence-corrected chi connectivity index (χ2v) is 7.94. The van der Waals surface area contributed by atoms with Crippen molar-refractivity contribution in [2.75, 3.05) is 92.9 Å². The summed E-state index contributed by atoms with van der Waals surface area (Å²) in [6, 6.07) is 6.99. The van der Waals surface area contributed by atoms with Crippen LogP contribution < -0.4 is 0 Å². The predicted octanol–water partition coefficient (Wildman–Crippen LogP) is 0.495. The van der Waals surface area contributed by atoms with Crippen LogP contribution in [0.5, 0.6) is 0 Å². The standard InChI is InChI=1S/C22H34N4O4/c1-23(7-9-25-11-15-29-16-12-25)21(27)19-3-5-20(6-4-19)22(28)24(2)8-10-26-13-17-30-18-14-26/h3-6H,7-18H2,1-2H3. The first-order chi connectivity index (χ1) is 14.5. The summed E-state index contributed by atoms with van der Waals surface area (Å²) in [5.41, 5.74) is 1.21. The lowest BCUT2D eigenvalue weighted by Crippen LogP contribution is -2.42. The number of carbonyl (C=O) groups is 2. The molecule has 2 saturated heterocycles. The van der Waals surface area contributed by atoms with Crippen LogP contribution in [-0.2, 0) is 9.47 Å². The Hall–Kier alpha value is -2.00. The van der Waals surface area contributed by atoms with Crippen LogP contribution in [0.15, 0.2) is 24.3 Å². The molecule has 3 rings (SSSR count). The highest BCUT2D eigenvalue weighted by Gasteiger charge is 2.18. The van der Waals surface area contributed by atoms with Gasteiger partial charge in [0.1, 0.15) is 0 Å². The molecule has 2 aliphatic rings. The van der Waals surface area contributed by atoms with Crippen LogP contribution in [0, 0.1) is 0 Å². The molecule has 0 N–H and O–H groups in total. The molecule has 1 aromatic rings. The van der Waals surface area contributed by atoms with E-state index in [0.29, 0.717) is 24.2 Å². The Balaban J connectivity index is 1.46. The van der Waals surface area contributed by atoms with Crippen LogP contribution in [0.3, 0.4) is 0 Å². The monoisotopic (exact) mass is 418 g/mol. The highest BCUT2D eigenvalue weighted by molar-refractivity contribution is 5.97. The molecular weight excluding hydrogens is 384 g/mol. The van der Waals surface area contributed by atoms with Gasteiger partial charge in [0.05, 0.1) is 26.4 Å². The average Bonchev–Trinajstić information content (AvgIpc) is 2.81. The Bertz CT molecular complexity index is 626. The number of carbonyl (C=O) groups excluding carboxylic acids is 2. The fraction of sp³-hybridized carbons (Fsp3) is 0.636. The maximum absolute atomic E-state index is 12.7. The Morgan fingerprint density at radius 3 is 1.40 bits per heavy atom. The Morgan fingerprint density at radius 2 is 1.07 bits per heavy atom. The molecule has 166 valence electrons. The molecule has 0 aliphatic carbocycles. The number of morpholine rings is 2. The van der Waals surface area contributed by atoms with Gasteiger partial charge in [0.2, 0.25) is 0 Å². The largest absolute Gasteiger partial charge is 0.379 e. The number of nitrogens with zero attached hydrogens (tertiary/aromatic N) is 4. The van der Waals surface area contributed by atoms with Crippen molar-refractivity contribution in [3.63, 3.8) is 0 Å². The van der Waals surface area contributed by atoms with Crippen LogP contribution in [0.1, 0.15) is 20.7 Å². The van der Waals surface area contributed by atoms with Crippen LogP contribution in [-0.4, -0.2) is 124 Å². The van der Waals surface area contributed by atoms with Gasteiger partial charge in [-0.05, 0) is 24.3 Å². The summed E-state index contributed by atoms with van der Waals surface area (Å²) in [6.45, 7) is 9.72. The molecule has 30 heavy (non-hydrogen) atoms. The Morgan fingerprint density at radius 1 is 0.733 bits per heavy atom. The van der Waals surface area contributed by atoms with Gasteiger partial charge in [-0.25, -0.2) is 0 Å². The van der Waals surface area contributed by atoms with Gasteiger partial charge in [-0.15, -0.1) is 0 Å². The number of likely N-dealkylation sites (N-methyl/N-ethyl adjacent to an activating group) is 2. The molecule has 2 heterocycles. The molecule has 0 bridgehead atoms. The molecule has 8 nitrogen and oxygen atoms in total. The number of amides is 2. The highest BCUT2D eigenvalue weighted by Crippen LogP contribution is 2.10. The van der Waals surface area contributed by atoms with Gasteiger partial charge in [0, 0.05) is 77.6 Å². The first kappa shape index (κ1) is 22.7. The molecule has 0 unspecified atom stereocenters. The minimum absolute atomic E-state index is 0.0251. The van der Waals surface area contributed by atoms with Crippen LogP contribution in [0.25, 0.3) is 0 Å². The summed E-state index contributed by atoms with van der Waals surface area (Å²) in [5, 5.41) is 0. The molecule has 0 atom stereocenters. The SMILES string of the molecule is CN(CCN1CCOCC1)C(=O)c1ccc(C(=O)N(C)CCN2CCOCC2)cc1. The Labute approximate surface area is 179 Å². The predicted molar refractivity (Wildman–Crippen MR) is 115 cm³/mol. The van der Waals surface area contributed by atoms with E-state index in [1.54, 1.807) is 34.1 Å². The molecule has 2 fully saturated rings. The highest BCUT2D eigenvalue weighted by atomic mass is 16.5. The zero-order valence-electron chi connectivity index (χ0n) is 18.2. The maximum atomic E-state index is 12.7. The molecule has 0 spiro atoms. The normalized spacial score (nSPS) is 18.2. The van der Waals surface area contributed by atoms with Gasteiger partial charge in [-0.3, -0.25) is 19.4 Å². The molecule has 0 saturated carbocycles. The Kier molecular flexibility index (Phi) is 8.62. The summed E-state index contributed by atoms with van der Waals surface area (Å²) in [6.07, 6.45) is 0. The molecule has 0 aromatic heterocycles. The number of hydrogen-bond acceptors (Lipinski definition) is 6.